The molecule has 0 fully saturated rings. The van der Waals surface area contributed by atoms with Gasteiger partial charge in [-0.25, -0.2) is 0 Å². The van der Waals surface area contributed by atoms with Crippen molar-refractivity contribution in [3.8, 4) is 0 Å². The van der Waals surface area contributed by atoms with Gasteiger partial charge in [0.25, 0.3) is 0 Å². The Morgan fingerprint density at radius 3 is 2.27 bits per heavy atom. The molecule has 15 heavy (non-hydrogen) atoms. The van der Waals surface area contributed by atoms with Crippen molar-refractivity contribution >= 4 is 27.7 Å². The van der Waals surface area contributed by atoms with E-state index in [0.29, 0.717) is 0 Å². The van der Waals surface area contributed by atoms with Gasteiger partial charge in [-0.15, -0.1) is 11.8 Å². The minimum atomic E-state index is 0.752. The lowest BCUT2D eigenvalue weighted by Crippen LogP contribution is -2.12. The van der Waals surface area contributed by atoms with Crippen LogP contribution in [-0.2, 0) is 0 Å². The van der Waals surface area contributed by atoms with Gasteiger partial charge in [0, 0.05) is 16.0 Å². The number of thioether (sulfide) groups is 1. The molecule has 0 aliphatic heterocycles. The first-order valence-electron chi connectivity index (χ1n) is 5.39. The van der Waals surface area contributed by atoms with Crippen LogP contribution in [-0.4, -0.2) is 11.1 Å². The summed E-state index contributed by atoms with van der Waals surface area (Å²) in [5, 5.41) is 1.10. The number of hydrogen-bond acceptors (Lipinski definition) is 1. The molecular formula is C13H19BrS. The Morgan fingerprint density at radius 1 is 1.20 bits per heavy atom. The number of rotatable bonds is 5. The maximum atomic E-state index is 3.59. The van der Waals surface area contributed by atoms with E-state index in [1.54, 1.807) is 0 Å². The number of aryl methyl sites for hydroxylation is 1. The number of hydrogen-bond donors (Lipinski definition) is 0. The van der Waals surface area contributed by atoms with Gasteiger partial charge in [-0.05, 0) is 30.9 Å². The minimum Gasteiger partial charge on any atom is -0.126 e. The molecule has 0 saturated carbocycles. The van der Waals surface area contributed by atoms with Crippen molar-refractivity contribution in [2.45, 2.75) is 25.7 Å². The lowest BCUT2D eigenvalue weighted by atomic mass is 10.0. The topological polar surface area (TPSA) is 0 Å². The molecule has 1 aromatic carbocycles. The van der Waals surface area contributed by atoms with Gasteiger partial charge >= 0.3 is 0 Å². The molecule has 0 saturated heterocycles. The average Bonchev–Trinajstić information content (AvgIpc) is 2.21. The van der Waals surface area contributed by atoms with Crippen LogP contribution in [0.1, 0.15) is 19.4 Å². The second kappa shape index (κ2) is 6.59. The first kappa shape index (κ1) is 13.1. The highest BCUT2D eigenvalue weighted by Crippen LogP contribution is 2.25. The van der Waals surface area contributed by atoms with Crippen molar-refractivity contribution < 1.29 is 0 Å². The number of halogens is 1. The third kappa shape index (κ3) is 4.60. The molecule has 1 aromatic rings. The van der Waals surface area contributed by atoms with E-state index in [4.69, 9.17) is 0 Å². The van der Waals surface area contributed by atoms with Crippen molar-refractivity contribution in [1.29, 1.82) is 0 Å². The molecule has 0 amide bonds. The van der Waals surface area contributed by atoms with Gasteiger partial charge in [0.2, 0.25) is 0 Å². The molecule has 1 atom stereocenters. The van der Waals surface area contributed by atoms with Crippen LogP contribution in [0.5, 0.6) is 0 Å². The van der Waals surface area contributed by atoms with E-state index in [9.17, 15) is 0 Å². The van der Waals surface area contributed by atoms with Crippen molar-refractivity contribution in [3.63, 3.8) is 0 Å². The van der Waals surface area contributed by atoms with Crippen LogP contribution in [0.2, 0.25) is 0 Å². The molecule has 84 valence electrons. The van der Waals surface area contributed by atoms with Crippen molar-refractivity contribution in [2.75, 3.05) is 11.1 Å². The molecule has 0 aliphatic rings. The van der Waals surface area contributed by atoms with E-state index in [-0.39, 0.29) is 0 Å². The molecule has 1 unspecified atom stereocenters. The standard InChI is InChI=1S/C13H19BrS/c1-10(2)12(8-14)9-15-13-6-4-11(3)5-7-13/h4-7,10,12H,8-9H2,1-3H3. The molecule has 0 N–H and O–H groups in total. The summed E-state index contributed by atoms with van der Waals surface area (Å²) in [5.74, 6) is 2.71. The molecule has 2 heteroatoms. The zero-order valence-corrected chi connectivity index (χ0v) is 12.1. The summed E-state index contributed by atoms with van der Waals surface area (Å²) in [7, 11) is 0. The van der Waals surface area contributed by atoms with Crippen molar-refractivity contribution in [3.05, 3.63) is 29.8 Å². The van der Waals surface area contributed by atoms with E-state index < -0.39 is 0 Å². The van der Waals surface area contributed by atoms with Gasteiger partial charge < -0.3 is 0 Å². The fourth-order valence-electron chi connectivity index (χ4n) is 1.25. The van der Waals surface area contributed by atoms with Crippen LogP contribution in [0.15, 0.2) is 29.2 Å². The van der Waals surface area contributed by atoms with E-state index >= 15 is 0 Å². The highest BCUT2D eigenvalue weighted by Gasteiger charge is 2.11. The third-order valence-corrected chi connectivity index (χ3v) is 4.66. The van der Waals surface area contributed by atoms with E-state index in [0.717, 1.165) is 17.2 Å². The van der Waals surface area contributed by atoms with E-state index in [1.165, 1.54) is 16.2 Å². The molecule has 0 spiro atoms. The minimum absolute atomic E-state index is 0.752. The second-order valence-corrected chi connectivity index (χ2v) is 6.02. The van der Waals surface area contributed by atoms with Crippen LogP contribution in [0.4, 0.5) is 0 Å². The van der Waals surface area contributed by atoms with Gasteiger partial charge in [0.1, 0.15) is 0 Å². The summed E-state index contributed by atoms with van der Waals surface area (Å²) in [6.45, 7) is 6.72. The molecule has 0 bridgehead atoms. The molecule has 1 rings (SSSR count). The largest absolute Gasteiger partial charge is 0.126 e. The smallest absolute Gasteiger partial charge is 0.00722 e. The van der Waals surface area contributed by atoms with Gasteiger partial charge in [0.15, 0.2) is 0 Å². The SMILES string of the molecule is Cc1ccc(SCC(CBr)C(C)C)cc1. The Bertz CT molecular complexity index is 279. The summed E-state index contributed by atoms with van der Waals surface area (Å²) in [4.78, 5) is 1.38. The highest BCUT2D eigenvalue weighted by molar-refractivity contribution is 9.09. The third-order valence-electron chi connectivity index (χ3n) is 2.63. The fourth-order valence-corrected chi connectivity index (χ4v) is 3.77. The zero-order valence-electron chi connectivity index (χ0n) is 9.66. The van der Waals surface area contributed by atoms with Crippen LogP contribution < -0.4 is 0 Å². The Morgan fingerprint density at radius 2 is 1.80 bits per heavy atom. The first-order valence-corrected chi connectivity index (χ1v) is 7.49. The lowest BCUT2D eigenvalue weighted by Gasteiger charge is -2.17. The Kier molecular flexibility index (Phi) is 5.77. The summed E-state index contributed by atoms with van der Waals surface area (Å²) in [6, 6.07) is 8.79. The zero-order chi connectivity index (χ0) is 11.3. The lowest BCUT2D eigenvalue weighted by molar-refractivity contribution is 0.474. The Labute approximate surface area is 106 Å². The van der Waals surface area contributed by atoms with Crippen LogP contribution in [0.25, 0.3) is 0 Å². The summed E-state index contributed by atoms with van der Waals surface area (Å²) < 4.78 is 0. The highest BCUT2D eigenvalue weighted by atomic mass is 79.9. The van der Waals surface area contributed by atoms with Crippen LogP contribution in [0, 0.1) is 18.8 Å². The Balaban J connectivity index is 2.45. The molecule has 0 aromatic heterocycles. The first-order chi connectivity index (χ1) is 7.13. The summed E-state index contributed by atoms with van der Waals surface area (Å²) in [6.07, 6.45) is 0. The number of alkyl halides is 1. The summed E-state index contributed by atoms with van der Waals surface area (Å²) >= 11 is 5.55. The summed E-state index contributed by atoms with van der Waals surface area (Å²) in [5.41, 5.74) is 1.33. The molecular weight excluding hydrogens is 268 g/mol. The molecule has 0 aliphatic carbocycles. The van der Waals surface area contributed by atoms with Gasteiger partial charge in [0.05, 0.1) is 0 Å². The predicted molar refractivity (Wildman–Crippen MR) is 74.0 cm³/mol. The molecule has 0 nitrogen and oxygen atoms in total. The van der Waals surface area contributed by atoms with Gasteiger partial charge in [-0.2, -0.15) is 0 Å². The quantitative estimate of drug-likeness (QED) is 0.556. The fraction of sp³-hybridized carbons (Fsp3) is 0.538. The van der Waals surface area contributed by atoms with E-state index in [2.05, 4.69) is 61.0 Å². The maximum absolute atomic E-state index is 3.59. The Hall–Kier alpha value is 0.0500. The normalized spacial score (nSPS) is 13.1. The number of benzene rings is 1. The van der Waals surface area contributed by atoms with Crippen LogP contribution >= 0.6 is 27.7 Å². The average molecular weight is 287 g/mol. The van der Waals surface area contributed by atoms with Gasteiger partial charge in [-0.3, -0.25) is 0 Å². The molecule has 0 heterocycles. The van der Waals surface area contributed by atoms with Crippen molar-refractivity contribution in [2.24, 2.45) is 11.8 Å². The second-order valence-electron chi connectivity index (χ2n) is 4.28. The van der Waals surface area contributed by atoms with Crippen molar-refractivity contribution in [1.82, 2.24) is 0 Å². The maximum Gasteiger partial charge on any atom is 0.00722 e. The van der Waals surface area contributed by atoms with Crippen LogP contribution in [0.3, 0.4) is 0 Å². The predicted octanol–water partition coefficient (Wildman–Crippen LogP) is 4.75. The van der Waals surface area contributed by atoms with Gasteiger partial charge in [-0.1, -0.05) is 47.5 Å². The molecule has 0 radical (unpaired) electrons. The van der Waals surface area contributed by atoms with E-state index in [1.807, 2.05) is 11.8 Å². The monoisotopic (exact) mass is 286 g/mol.